The Labute approximate surface area is 109 Å². The van der Waals surface area contributed by atoms with Crippen molar-refractivity contribution in [2.24, 2.45) is 0 Å². The van der Waals surface area contributed by atoms with E-state index in [1.807, 2.05) is 6.07 Å². The number of rotatable bonds is 5. The van der Waals surface area contributed by atoms with Crippen molar-refractivity contribution in [2.45, 2.75) is 24.8 Å². The molecular weight excluding hydrogens is 248 g/mol. The van der Waals surface area contributed by atoms with Gasteiger partial charge in [-0.2, -0.15) is 0 Å². The molecule has 100 valence electrons. The van der Waals surface area contributed by atoms with Crippen molar-refractivity contribution in [3.63, 3.8) is 0 Å². The van der Waals surface area contributed by atoms with Crippen molar-refractivity contribution in [1.82, 2.24) is 10.6 Å². The number of urea groups is 1. The maximum Gasteiger partial charge on any atom is 0.322 e. The molecule has 0 spiro atoms. The van der Waals surface area contributed by atoms with Crippen LogP contribution in [-0.2, 0) is 15.1 Å². The van der Waals surface area contributed by atoms with Gasteiger partial charge in [-0.25, -0.2) is 4.79 Å². The average Bonchev–Trinajstić information content (AvgIpc) is 2.66. The molecule has 1 atom stereocenters. The summed E-state index contributed by atoms with van der Waals surface area (Å²) in [6.45, 7) is 0. The van der Waals surface area contributed by atoms with Crippen LogP contribution in [0.25, 0.3) is 0 Å². The van der Waals surface area contributed by atoms with Crippen LogP contribution in [0.15, 0.2) is 30.3 Å². The third-order valence-corrected chi connectivity index (χ3v) is 3.15. The minimum Gasteiger partial charge on any atom is -0.481 e. The van der Waals surface area contributed by atoms with Crippen LogP contribution < -0.4 is 10.6 Å². The number of benzene rings is 1. The lowest BCUT2D eigenvalue weighted by Crippen LogP contribution is -2.43. The van der Waals surface area contributed by atoms with Crippen LogP contribution in [0.2, 0.25) is 0 Å². The number of amides is 3. The molecule has 0 radical (unpaired) electrons. The highest BCUT2D eigenvalue weighted by Gasteiger charge is 2.46. The molecule has 1 aliphatic heterocycles. The minimum atomic E-state index is -1.16. The smallest absolute Gasteiger partial charge is 0.322 e. The highest BCUT2D eigenvalue weighted by molar-refractivity contribution is 6.07. The molecule has 3 N–H and O–H groups in total. The van der Waals surface area contributed by atoms with E-state index in [2.05, 4.69) is 10.6 Å². The second-order valence-corrected chi connectivity index (χ2v) is 4.43. The first-order valence-electron chi connectivity index (χ1n) is 5.95. The zero-order valence-electron chi connectivity index (χ0n) is 10.2. The topological polar surface area (TPSA) is 95.5 Å². The predicted molar refractivity (Wildman–Crippen MR) is 66.3 cm³/mol. The van der Waals surface area contributed by atoms with Crippen LogP contribution in [0.5, 0.6) is 0 Å². The van der Waals surface area contributed by atoms with E-state index in [-0.39, 0.29) is 12.8 Å². The number of aliphatic carboxylic acids is 1. The molecule has 0 saturated carbocycles. The van der Waals surface area contributed by atoms with Crippen LogP contribution in [-0.4, -0.2) is 23.0 Å². The molecule has 3 amide bonds. The fourth-order valence-electron chi connectivity index (χ4n) is 2.24. The summed E-state index contributed by atoms with van der Waals surface area (Å²) in [5.74, 6) is -1.36. The van der Waals surface area contributed by atoms with E-state index in [9.17, 15) is 14.4 Å². The molecule has 1 aliphatic rings. The van der Waals surface area contributed by atoms with Crippen LogP contribution in [0.3, 0.4) is 0 Å². The normalized spacial score (nSPS) is 21.9. The number of hydrogen-bond donors (Lipinski definition) is 3. The van der Waals surface area contributed by atoms with Crippen molar-refractivity contribution in [3.05, 3.63) is 35.9 Å². The zero-order chi connectivity index (χ0) is 13.9. The molecule has 0 aliphatic carbocycles. The van der Waals surface area contributed by atoms with Crippen molar-refractivity contribution >= 4 is 17.9 Å². The van der Waals surface area contributed by atoms with E-state index >= 15 is 0 Å². The molecule has 0 unspecified atom stereocenters. The van der Waals surface area contributed by atoms with Crippen LogP contribution in [0.1, 0.15) is 24.8 Å². The van der Waals surface area contributed by atoms with Gasteiger partial charge in [-0.15, -0.1) is 0 Å². The number of carboxylic acid groups (broad SMARTS) is 1. The number of carbonyl (C=O) groups is 3. The summed E-state index contributed by atoms with van der Waals surface area (Å²) in [7, 11) is 0. The van der Waals surface area contributed by atoms with E-state index in [1.165, 1.54) is 0 Å². The van der Waals surface area contributed by atoms with E-state index < -0.39 is 23.4 Å². The Bertz CT molecular complexity index is 515. The lowest BCUT2D eigenvalue weighted by molar-refractivity contribution is -0.137. The number of carboxylic acids is 1. The Kier molecular flexibility index (Phi) is 3.50. The van der Waals surface area contributed by atoms with Gasteiger partial charge in [0, 0.05) is 6.42 Å². The Morgan fingerprint density at radius 3 is 2.42 bits per heavy atom. The second kappa shape index (κ2) is 5.09. The van der Waals surface area contributed by atoms with E-state index in [0.717, 1.165) is 0 Å². The first kappa shape index (κ1) is 13.1. The van der Waals surface area contributed by atoms with Crippen molar-refractivity contribution in [2.75, 3.05) is 0 Å². The summed E-state index contributed by atoms with van der Waals surface area (Å²) in [5, 5.41) is 13.5. The fourth-order valence-corrected chi connectivity index (χ4v) is 2.24. The van der Waals surface area contributed by atoms with Gasteiger partial charge in [0.2, 0.25) is 0 Å². The standard InChI is InChI=1S/C13H14N2O4/c16-10(17)7-4-8-13(9-5-2-1-3-6-9)11(18)14-12(19)15-13/h1-3,5-6H,4,7-8H2,(H,16,17)(H2,14,15,18,19)/t13-/m0/s1. The first-order valence-corrected chi connectivity index (χ1v) is 5.95. The average molecular weight is 262 g/mol. The monoisotopic (exact) mass is 262 g/mol. The maximum atomic E-state index is 12.0. The van der Waals surface area contributed by atoms with Gasteiger partial charge in [-0.1, -0.05) is 30.3 Å². The van der Waals surface area contributed by atoms with Crippen molar-refractivity contribution in [3.8, 4) is 0 Å². The third kappa shape index (κ3) is 2.57. The third-order valence-electron chi connectivity index (χ3n) is 3.15. The molecule has 2 rings (SSSR count). The lowest BCUT2D eigenvalue weighted by Gasteiger charge is -2.26. The number of nitrogens with one attached hydrogen (secondary N) is 2. The summed E-state index contributed by atoms with van der Waals surface area (Å²) in [6.07, 6.45) is 0.510. The molecule has 1 aromatic rings. The SMILES string of the molecule is O=C(O)CCC[C@@]1(c2ccccc2)NC(=O)NC1=O. The van der Waals surface area contributed by atoms with Crippen molar-refractivity contribution < 1.29 is 19.5 Å². The molecule has 0 aromatic heterocycles. The van der Waals surface area contributed by atoms with Crippen molar-refractivity contribution in [1.29, 1.82) is 0 Å². The molecular formula is C13H14N2O4. The summed E-state index contributed by atoms with van der Waals surface area (Å²) < 4.78 is 0. The van der Waals surface area contributed by atoms with Gasteiger partial charge in [0.1, 0.15) is 5.54 Å². The highest BCUT2D eigenvalue weighted by atomic mass is 16.4. The number of hydrogen-bond acceptors (Lipinski definition) is 3. The van der Waals surface area contributed by atoms with Gasteiger partial charge in [0.15, 0.2) is 0 Å². The summed E-state index contributed by atoms with van der Waals surface area (Å²) >= 11 is 0. The molecule has 6 nitrogen and oxygen atoms in total. The highest BCUT2D eigenvalue weighted by Crippen LogP contribution is 2.30. The molecule has 1 saturated heterocycles. The second-order valence-electron chi connectivity index (χ2n) is 4.43. The van der Waals surface area contributed by atoms with Gasteiger partial charge >= 0.3 is 12.0 Å². The largest absolute Gasteiger partial charge is 0.481 e. The van der Waals surface area contributed by atoms with Gasteiger partial charge in [-0.3, -0.25) is 14.9 Å². The Morgan fingerprint density at radius 2 is 1.89 bits per heavy atom. The Hall–Kier alpha value is -2.37. The van der Waals surface area contributed by atoms with Gasteiger partial charge < -0.3 is 10.4 Å². The van der Waals surface area contributed by atoms with Crippen LogP contribution >= 0.6 is 0 Å². The Morgan fingerprint density at radius 1 is 1.21 bits per heavy atom. The molecule has 1 fully saturated rings. The molecule has 19 heavy (non-hydrogen) atoms. The van der Waals surface area contributed by atoms with E-state index in [0.29, 0.717) is 12.0 Å². The van der Waals surface area contributed by atoms with Gasteiger partial charge in [0.25, 0.3) is 5.91 Å². The first-order chi connectivity index (χ1) is 9.04. The quantitative estimate of drug-likeness (QED) is 0.689. The van der Waals surface area contributed by atoms with Gasteiger partial charge in [-0.05, 0) is 18.4 Å². The van der Waals surface area contributed by atoms with E-state index in [4.69, 9.17) is 5.11 Å². The molecule has 1 aromatic carbocycles. The van der Waals surface area contributed by atoms with Crippen LogP contribution in [0, 0.1) is 0 Å². The number of carbonyl (C=O) groups excluding carboxylic acids is 2. The lowest BCUT2D eigenvalue weighted by atomic mass is 9.85. The van der Waals surface area contributed by atoms with Crippen LogP contribution in [0.4, 0.5) is 4.79 Å². The summed E-state index contributed by atoms with van der Waals surface area (Å²) in [6, 6.07) is 8.28. The van der Waals surface area contributed by atoms with E-state index in [1.54, 1.807) is 24.3 Å². The molecule has 6 heteroatoms. The summed E-state index contributed by atoms with van der Waals surface area (Å²) in [4.78, 5) is 34.0. The number of imide groups is 1. The van der Waals surface area contributed by atoms with Gasteiger partial charge in [0.05, 0.1) is 0 Å². The molecule has 0 bridgehead atoms. The zero-order valence-corrected chi connectivity index (χ0v) is 10.2. The summed E-state index contributed by atoms with van der Waals surface area (Å²) in [5.41, 5.74) is -0.503. The maximum absolute atomic E-state index is 12.0. The molecule has 1 heterocycles. The minimum absolute atomic E-state index is 0.0439. The fraction of sp³-hybridized carbons (Fsp3) is 0.308. The predicted octanol–water partition coefficient (Wildman–Crippen LogP) is 0.976. The Balaban J connectivity index is 2.26.